The smallest absolute Gasteiger partial charge is 0.269 e. The summed E-state index contributed by atoms with van der Waals surface area (Å²) in [6, 6.07) is 11.6. The molecule has 2 aromatic heterocycles. The van der Waals surface area contributed by atoms with Gasteiger partial charge in [0.2, 0.25) is 16.9 Å². The maximum atomic E-state index is 10.8. The van der Waals surface area contributed by atoms with Crippen LogP contribution >= 0.6 is 34.7 Å². The van der Waals surface area contributed by atoms with Crippen molar-refractivity contribution in [3.05, 3.63) is 69.1 Å². The number of nitrogens with zero attached hydrogens (tertiary/aromatic N) is 5. The third-order valence-corrected chi connectivity index (χ3v) is 6.64. The van der Waals surface area contributed by atoms with E-state index in [2.05, 4.69) is 25.7 Å². The van der Waals surface area contributed by atoms with Crippen molar-refractivity contribution in [3.63, 3.8) is 0 Å². The Morgan fingerprint density at radius 1 is 1.16 bits per heavy atom. The average molecular weight is 475 g/mol. The van der Waals surface area contributed by atoms with Crippen LogP contribution in [0.25, 0.3) is 11.5 Å². The Labute approximate surface area is 190 Å². The van der Waals surface area contributed by atoms with Gasteiger partial charge in [0.15, 0.2) is 4.34 Å². The number of benzene rings is 2. The highest BCUT2D eigenvalue weighted by atomic mass is 35.5. The number of halogens is 1. The van der Waals surface area contributed by atoms with Crippen LogP contribution in [0, 0.1) is 17.0 Å². The molecule has 1 atom stereocenters. The lowest BCUT2D eigenvalue weighted by Crippen LogP contribution is -1.89. The van der Waals surface area contributed by atoms with Crippen LogP contribution in [-0.2, 0) is 0 Å². The molecule has 12 heteroatoms. The van der Waals surface area contributed by atoms with Gasteiger partial charge in [-0.2, -0.15) is 0 Å². The molecule has 4 aromatic rings. The van der Waals surface area contributed by atoms with Gasteiger partial charge in [-0.1, -0.05) is 40.8 Å². The molecule has 2 aromatic carbocycles. The number of hydrogen-bond donors (Lipinski definition) is 1. The Morgan fingerprint density at radius 3 is 2.65 bits per heavy atom. The standard InChI is InChI=1S/C19H15ClN6O3S2/c1-10-3-6-13(9-15(10)20)21-18-24-25-19(31-18)30-11(2)16-22-23-17(29-16)12-4-7-14(8-5-12)26(27)28/h3-9,11H,1-2H3,(H,21,24). The van der Waals surface area contributed by atoms with Gasteiger partial charge in [-0.25, -0.2) is 0 Å². The molecule has 4 rings (SSSR count). The van der Waals surface area contributed by atoms with E-state index >= 15 is 0 Å². The number of nitro benzene ring substituents is 1. The molecular formula is C19H15ClN6O3S2. The Bertz CT molecular complexity index is 1230. The van der Waals surface area contributed by atoms with E-state index in [1.165, 1.54) is 35.2 Å². The first-order valence-electron chi connectivity index (χ1n) is 9.00. The number of aromatic nitrogens is 4. The summed E-state index contributed by atoms with van der Waals surface area (Å²) in [5.74, 6) is 0.724. The molecule has 0 saturated carbocycles. The zero-order valence-electron chi connectivity index (χ0n) is 16.3. The lowest BCUT2D eigenvalue weighted by molar-refractivity contribution is -0.384. The summed E-state index contributed by atoms with van der Waals surface area (Å²) in [6.45, 7) is 3.86. The lowest BCUT2D eigenvalue weighted by atomic mass is 10.2. The lowest BCUT2D eigenvalue weighted by Gasteiger charge is -2.04. The van der Waals surface area contributed by atoms with Crippen molar-refractivity contribution < 1.29 is 9.34 Å². The fourth-order valence-electron chi connectivity index (χ4n) is 2.54. The number of aryl methyl sites for hydroxylation is 1. The highest BCUT2D eigenvalue weighted by molar-refractivity contribution is 8.01. The van der Waals surface area contributed by atoms with Crippen molar-refractivity contribution in [3.8, 4) is 11.5 Å². The van der Waals surface area contributed by atoms with E-state index in [9.17, 15) is 10.1 Å². The molecule has 0 amide bonds. The van der Waals surface area contributed by atoms with Gasteiger partial charge in [-0.15, -0.1) is 20.4 Å². The molecule has 0 bridgehead atoms. The summed E-state index contributed by atoms with van der Waals surface area (Å²) in [5.41, 5.74) is 2.45. The number of rotatable bonds is 7. The Hall–Kier alpha value is -3.02. The van der Waals surface area contributed by atoms with Crippen LogP contribution in [0.5, 0.6) is 0 Å². The largest absolute Gasteiger partial charge is 0.419 e. The van der Waals surface area contributed by atoms with Crippen LogP contribution < -0.4 is 5.32 Å². The van der Waals surface area contributed by atoms with E-state index in [-0.39, 0.29) is 10.9 Å². The second-order valence-corrected chi connectivity index (χ2v) is 9.44. The van der Waals surface area contributed by atoms with Crippen molar-refractivity contribution in [2.75, 3.05) is 5.32 Å². The first-order valence-corrected chi connectivity index (χ1v) is 11.1. The molecule has 0 spiro atoms. The van der Waals surface area contributed by atoms with E-state index in [0.717, 1.165) is 15.6 Å². The third kappa shape index (κ3) is 5.01. The van der Waals surface area contributed by atoms with E-state index < -0.39 is 4.92 Å². The molecule has 0 radical (unpaired) electrons. The number of non-ortho nitro benzene ring substituents is 1. The maximum Gasteiger partial charge on any atom is 0.269 e. The molecule has 0 saturated heterocycles. The molecule has 158 valence electrons. The van der Waals surface area contributed by atoms with Crippen molar-refractivity contribution >= 4 is 51.2 Å². The second kappa shape index (κ2) is 9.00. The molecule has 0 aliphatic heterocycles. The van der Waals surface area contributed by atoms with Crippen LogP contribution in [0.15, 0.2) is 51.2 Å². The SMILES string of the molecule is Cc1ccc(Nc2nnc(SC(C)c3nnc(-c4ccc([N+](=O)[O-])cc4)o3)s2)cc1Cl. The predicted molar refractivity (Wildman–Crippen MR) is 120 cm³/mol. The second-order valence-electron chi connectivity index (χ2n) is 6.47. The van der Waals surface area contributed by atoms with Crippen molar-refractivity contribution in [2.24, 2.45) is 0 Å². The van der Waals surface area contributed by atoms with Gasteiger partial charge < -0.3 is 9.73 Å². The molecule has 2 heterocycles. The highest BCUT2D eigenvalue weighted by Gasteiger charge is 2.19. The van der Waals surface area contributed by atoms with Crippen LogP contribution in [0.3, 0.4) is 0 Å². The summed E-state index contributed by atoms with van der Waals surface area (Å²) in [7, 11) is 0. The number of nitro groups is 1. The first kappa shape index (κ1) is 21.2. The summed E-state index contributed by atoms with van der Waals surface area (Å²) in [5, 5.41) is 31.6. The molecule has 1 unspecified atom stereocenters. The van der Waals surface area contributed by atoms with Gasteiger partial charge in [-0.3, -0.25) is 10.1 Å². The molecule has 9 nitrogen and oxygen atoms in total. The van der Waals surface area contributed by atoms with Gasteiger partial charge in [0.25, 0.3) is 5.69 Å². The molecule has 1 N–H and O–H groups in total. The van der Waals surface area contributed by atoms with E-state index in [1.807, 2.05) is 32.0 Å². The molecule has 0 aliphatic carbocycles. The van der Waals surface area contributed by atoms with Crippen LogP contribution in [-0.4, -0.2) is 25.3 Å². The van der Waals surface area contributed by atoms with E-state index in [1.54, 1.807) is 12.1 Å². The topological polar surface area (TPSA) is 120 Å². The summed E-state index contributed by atoms with van der Waals surface area (Å²) in [4.78, 5) is 10.3. The minimum Gasteiger partial charge on any atom is -0.419 e. The molecule has 0 aliphatic rings. The number of anilines is 2. The first-order chi connectivity index (χ1) is 14.9. The quantitative estimate of drug-likeness (QED) is 0.193. The fourth-order valence-corrected chi connectivity index (χ4v) is 4.67. The van der Waals surface area contributed by atoms with Gasteiger partial charge in [0.1, 0.15) is 0 Å². The van der Waals surface area contributed by atoms with Gasteiger partial charge in [0, 0.05) is 28.4 Å². The van der Waals surface area contributed by atoms with Crippen LogP contribution in [0.4, 0.5) is 16.5 Å². The number of hydrogen-bond acceptors (Lipinski definition) is 10. The number of nitrogens with one attached hydrogen (secondary N) is 1. The molecule has 0 fully saturated rings. The van der Waals surface area contributed by atoms with Gasteiger partial charge >= 0.3 is 0 Å². The van der Waals surface area contributed by atoms with Crippen molar-refractivity contribution in [1.29, 1.82) is 0 Å². The van der Waals surface area contributed by atoms with E-state index in [4.69, 9.17) is 16.0 Å². The van der Waals surface area contributed by atoms with Crippen LogP contribution in [0.2, 0.25) is 5.02 Å². The minimum atomic E-state index is -0.458. The van der Waals surface area contributed by atoms with Crippen LogP contribution in [0.1, 0.15) is 23.6 Å². The third-order valence-electron chi connectivity index (χ3n) is 4.22. The Balaban J connectivity index is 1.41. The number of thioether (sulfide) groups is 1. The zero-order valence-corrected chi connectivity index (χ0v) is 18.7. The molecular weight excluding hydrogens is 460 g/mol. The molecule has 31 heavy (non-hydrogen) atoms. The Morgan fingerprint density at radius 2 is 1.94 bits per heavy atom. The monoisotopic (exact) mass is 474 g/mol. The summed E-state index contributed by atoms with van der Waals surface area (Å²) < 4.78 is 6.48. The highest BCUT2D eigenvalue weighted by Crippen LogP contribution is 2.38. The van der Waals surface area contributed by atoms with Gasteiger partial charge in [0.05, 0.1) is 10.2 Å². The summed E-state index contributed by atoms with van der Waals surface area (Å²) in [6.07, 6.45) is 0. The van der Waals surface area contributed by atoms with Crippen molar-refractivity contribution in [1.82, 2.24) is 20.4 Å². The normalized spacial score (nSPS) is 12.0. The predicted octanol–water partition coefficient (Wildman–Crippen LogP) is 6.06. The fraction of sp³-hybridized carbons (Fsp3) is 0.158. The zero-order chi connectivity index (χ0) is 22.0. The summed E-state index contributed by atoms with van der Waals surface area (Å²) >= 11 is 9.00. The Kier molecular flexibility index (Phi) is 6.16. The minimum absolute atomic E-state index is 0.000930. The van der Waals surface area contributed by atoms with Crippen molar-refractivity contribution in [2.45, 2.75) is 23.4 Å². The van der Waals surface area contributed by atoms with E-state index in [0.29, 0.717) is 27.5 Å². The van der Waals surface area contributed by atoms with Gasteiger partial charge in [-0.05, 0) is 43.7 Å². The average Bonchev–Trinajstić information content (AvgIpc) is 3.41. The maximum absolute atomic E-state index is 10.8.